The Morgan fingerprint density at radius 1 is 0.950 bits per heavy atom. The van der Waals surface area contributed by atoms with E-state index in [1.807, 2.05) is 29.0 Å². The maximum Gasteiger partial charge on any atom is 0.421 e. The van der Waals surface area contributed by atoms with Crippen LogP contribution >= 0.6 is 15.9 Å². The number of sulfonamides is 1. The molecule has 4 aromatic rings. The molecule has 8 nitrogen and oxygen atoms in total. The van der Waals surface area contributed by atoms with Gasteiger partial charge < -0.3 is 9.30 Å². The Bertz CT molecular complexity index is 1720. The van der Waals surface area contributed by atoms with Crippen molar-refractivity contribution in [2.45, 2.75) is 50.7 Å². The average molecular weight is 626 g/mol. The molecule has 0 fully saturated rings. The largest absolute Gasteiger partial charge is 0.443 e. The van der Waals surface area contributed by atoms with Crippen LogP contribution in [0.25, 0.3) is 10.8 Å². The van der Waals surface area contributed by atoms with Crippen molar-refractivity contribution in [1.29, 1.82) is 0 Å². The summed E-state index contributed by atoms with van der Waals surface area (Å²) in [5.74, 6) is 0.0123. The second kappa shape index (κ2) is 11.8. The van der Waals surface area contributed by atoms with Crippen LogP contribution in [0, 0.1) is 0 Å². The zero-order valence-electron chi connectivity index (χ0n) is 22.3. The lowest BCUT2D eigenvalue weighted by molar-refractivity contribution is 0.0570. The van der Waals surface area contributed by atoms with Crippen molar-refractivity contribution in [2.24, 2.45) is 0 Å². The Morgan fingerprint density at radius 3 is 2.27 bits per heavy atom. The molecule has 0 aliphatic rings. The fraction of sp³-hybridized carbons (Fsp3) is 0.233. The van der Waals surface area contributed by atoms with Gasteiger partial charge in [0.1, 0.15) is 5.60 Å². The smallest absolute Gasteiger partial charge is 0.421 e. The van der Waals surface area contributed by atoms with E-state index in [0.717, 1.165) is 15.4 Å². The number of fused-ring (bicyclic) bond motifs is 1. The van der Waals surface area contributed by atoms with Gasteiger partial charge in [0.15, 0.2) is 5.78 Å². The van der Waals surface area contributed by atoms with Crippen molar-refractivity contribution in [1.82, 2.24) is 9.29 Å². The van der Waals surface area contributed by atoms with E-state index in [1.54, 1.807) is 67.9 Å². The molecule has 0 unspecified atom stereocenters. The number of benzene rings is 3. The normalized spacial score (nSPS) is 11.8. The van der Waals surface area contributed by atoms with Crippen LogP contribution in [0.5, 0.6) is 0 Å². The number of Topliss-reactive ketones (excluding diaryl/α,β-unsaturated/α-hetero) is 1. The van der Waals surface area contributed by atoms with Gasteiger partial charge in [0.05, 0.1) is 11.4 Å². The summed E-state index contributed by atoms with van der Waals surface area (Å²) in [6, 6.07) is 20.4. The summed E-state index contributed by atoms with van der Waals surface area (Å²) in [7, 11) is -4.14. The number of ketones is 1. The van der Waals surface area contributed by atoms with E-state index in [4.69, 9.17) is 4.74 Å². The van der Waals surface area contributed by atoms with Crippen molar-refractivity contribution in [3.8, 4) is 0 Å². The summed E-state index contributed by atoms with van der Waals surface area (Å²) in [6.07, 6.45) is 1.41. The van der Waals surface area contributed by atoms with Crippen LogP contribution in [0.15, 0.2) is 93.2 Å². The van der Waals surface area contributed by atoms with Crippen LogP contribution in [-0.2, 0) is 27.7 Å². The molecule has 0 saturated heterocycles. The van der Waals surface area contributed by atoms with Gasteiger partial charge in [0.25, 0.3) is 15.6 Å². The Morgan fingerprint density at radius 2 is 1.62 bits per heavy atom. The molecule has 1 aromatic heterocycles. The number of nitrogens with zero attached hydrogens (tertiary/aromatic N) is 1. The van der Waals surface area contributed by atoms with E-state index in [2.05, 4.69) is 15.9 Å². The van der Waals surface area contributed by atoms with Crippen LogP contribution in [0.3, 0.4) is 0 Å². The molecular formula is C30H29BrN2O6S. The number of aromatic nitrogens is 1. The maximum absolute atomic E-state index is 13.3. The van der Waals surface area contributed by atoms with Gasteiger partial charge in [-0.2, -0.15) is 0 Å². The van der Waals surface area contributed by atoms with Crippen molar-refractivity contribution in [3.63, 3.8) is 0 Å². The third-order valence-electron chi connectivity index (χ3n) is 6.05. The minimum Gasteiger partial charge on any atom is -0.443 e. The fourth-order valence-corrected chi connectivity index (χ4v) is 5.45. The fourth-order valence-electron chi connectivity index (χ4n) is 4.21. The monoisotopic (exact) mass is 624 g/mol. The van der Waals surface area contributed by atoms with Crippen molar-refractivity contribution in [3.05, 3.63) is 111 Å². The molecule has 1 amide bonds. The summed E-state index contributed by atoms with van der Waals surface area (Å²) in [5.41, 5.74) is 1.11. The molecule has 0 atom stereocenters. The lowest BCUT2D eigenvalue weighted by Crippen LogP contribution is -2.36. The molecule has 0 bridgehead atoms. The summed E-state index contributed by atoms with van der Waals surface area (Å²) in [5, 5.41) is 1.29. The summed E-state index contributed by atoms with van der Waals surface area (Å²) in [4.78, 5) is 37.9. The first kappa shape index (κ1) is 29.2. The third kappa shape index (κ3) is 7.25. The van der Waals surface area contributed by atoms with Crippen LogP contribution in [0.4, 0.5) is 4.79 Å². The van der Waals surface area contributed by atoms with E-state index < -0.39 is 21.7 Å². The number of hydrogen-bond donors (Lipinski definition) is 1. The van der Waals surface area contributed by atoms with Crippen LogP contribution < -0.4 is 10.3 Å². The molecule has 0 saturated carbocycles. The molecule has 10 heteroatoms. The first-order valence-corrected chi connectivity index (χ1v) is 14.8. The van der Waals surface area contributed by atoms with Gasteiger partial charge in [-0.05, 0) is 74.0 Å². The first-order chi connectivity index (χ1) is 18.8. The Hall–Kier alpha value is -3.76. The lowest BCUT2D eigenvalue weighted by atomic mass is 9.99. The van der Waals surface area contributed by atoms with Gasteiger partial charge in [0, 0.05) is 28.0 Å². The van der Waals surface area contributed by atoms with Gasteiger partial charge in [-0.1, -0.05) is 58.4 Å². The number of nitrogens with one attached hydrogen (secondary N) is 1. The SMILES string of the molecule is CC(C)(C)OC(=O)NS(=O)(=O)c1ccc(Cn2cc(CCC(=O)c3ccccc3)c3cc(Br)ccc3c2=O)cc1. The van der Waals surface area contributed by atoms with E-state index in [9.17, 15) is 22.8 Å². The van der Waals surface area contributed by atoms with Gasteiger partial charge in [-0.15, -0.1) is 0 Å². The van der Waals surface area contributed by atoms with Gasteiger partial charge in [-0.25, -0.2) is 17.9 Å². The standard InChI is InChI=1S/C30H29BrN2O6S/c1-30(2,3)39-29(36)32-40(37,38)24-13-9-20(10-14-24)18-33-19-22(11-16-27(34)21-7-5-4-6-8-21)26-17-23(31)12-15-25(26)28(33)35/h4-10,12-15,17,19H,11,16,18H2,1-3H3,(H,32,36). The highest BCUT2D eigenvalue weighted by molar-refractivity contribution is 9.10. The number of hydrogen-bond acceptors (Lipinski definition) is 6. The quantitative estimate of drug-likeness (QED) is 0.246. The number of halogens is 1. The molecule has 0 aliphatic carbocycles. The summed E-state index contributed by atoms with van der Waals surface area (Å²) in [6.45, 7) is 5.08. The highest BCUT2D eigenvalue weighted by Gasteiger charge is 2.23. The van der Waals surface area contributed by atoms with E-state index >= 15 is 0 Å². The van der Waals surface area contributed by atoms with Crippen molar-refractivity contribution in [2.75, 3.05) is 0 Å². The second-order valence-electron chi connectivity index (χ2n) is 10.3. The molecular weight excluding hydrogens is 596 g/mol. The molecule has 1 N–H and O–H groups in total. The van der Waals surface area contributed by atoms with E-state index in [-0.39, 0.29) is 29.2 Å². The van der Waals surface area contributed by atoms with Crippen molar-refractivity contribution >= 4 is 48.6 Å². The topological polar surface area (TPSA) is 112 Å². The van der Waals surface area contributed by atoms with E-state index in [0.29, 0.717) is 22.9 Å². The lowest BCUT2D eigenvalue weighted by Gasteiger charge is -2.19. The summed E-state index contributed by atoms with van der Waals surface area (Å²) < 4.78 is 34.5. The zero-order chi connectivity index (χ0) is 29.1. The van der Waals surface area contributed by atoms with Crippen LogP contribution in [-0.4, -0.2) is 30.5 Å². The maximum atomic E-state index is 13.3. The molecule has 3 aromatic carbocycles. The molecule has 4 rings (SSSR count). The first-order valence-electron chi connectivity index (χ1n) is 12.6. The molecule has 0 radical (unpaired) electrons. The average Bonchev–Trinajstić information content (AvgIpc) is 2.88. The number of amides is 1. The predicted octanol–water partition coefficient (Wildman–Crippen LogP) is 5.84. The van der Waals surface area contributed by atoms with Gasteiger partial charge in [0.2, 0.25) is 0 Å². The number of carbonyl (C=O) groups excluding carboxylic acids is 2. The van der Waals surface area contributed by atoms with Gasteiger partial charge >= 0.3 is 6.09 Å². The molecule has 208 valence electrons. The molecule has 0 spiro atoms. The summed E-state index contributed by atoms with van der Waals surface area (Å²) >= 11 is 3.47. The number of ether oxygens (including phenoxy) is 1. The number of carbonyl (C=O) groups is 2. The number of rotatable bonds is 8. The van der Waals surface area contributed by atoms with Crippen molar-refractivity contribution < 1.29 is 22.7 Å². The molecule has 1 heterocycles. The second-order valence-corrected chi connectivity index (χ2v) is 12.9. The number of pyridine rings is 1. The Kier molecular flexibility index (Phi) is 8.60. The Labute approximate surface area is 241 Å². The highest BCUT2D eigenvalue weighted by atomic mass is 79.9. The minimum absolute atomic E-state index is 0.0123. The molecule has 40 heavy (non-hydrogen) atoms. The van der Waals surface area contributed by atoms with E-state index in [1.165, 1.54) is 12.1 Å². The van der Waals surface area contributed by atoms with Gasteiger partial charge in [-0.3, -0.25) is 9.59 Å². The number of aryl methyl sites for hydroxylation is 1. The Balaban J connectivity index is 1.58. The molecule has 0 aliphatic heterocycles. The highest BCUT2D eigenvalue weighted by Crippen LogP contribution is 2.23. The van der Waals surface area contributed by atoms with Crippen LogP contribution in [0.2, 0.25) is 0 Å². The van der Waals surface area contributed by atoms with Crippen LogP contribution in [0.1, 0.15) is 48.7 Å². The third-order valence-corrected chi connectivity index (χ3v) is 7.87. The minimum atomic E-state index is -4.14. The predicted molar refractivity (Wildman–Crippen MR) is 157 cm³/mol. The zero-order valence-corrected chi connectivity index (χ0v) is 24.7.